The van der Waals surface area contributed by atoms with Crippen LogP contribution in [-0.4, -0.2) is 13.6 Å². The molecule has 0 saturated heterocycles. The van der Waals surface area contributed by atoms with E-state index in [1.54, 1.807) is 0 Å². The fourth-order valence-electron chi connectivity index (χ4n) is 1.92. The Labute approximate surface area is 104 Å². The number of rotatable bonds is 5. The normalized spacial score (nSPS) is 13.8. The number of anilines is 1. The summed E-state index contributed by atoms with van der Waals surface area (Å²) in [5, 5.41) is 8.85. The lowest BCUT2D eigenvalue weighted by atomic mass is 10.0. The van der Waals surface area contributed by atoms with Crippen molar-refractivity contribution in [2.45, 2.75) is 26.3 Å². The Hall–Kier alpha value is -1.53. The number of para-hydroxylation sites is 1. The van der Waals surface area contributed by atoms with Crippen molar-refractivity contribution in [2.24, 2.45) is 11.7 Å². The third-order valence-corrected chi connectivity index (χ3v) is 2.96. The van der Waals surface area contributed by atoms with E-state index in [1.165, 1.54) is 0 Å². The van der Waals surface area contributed by atoms with Crippen molar-refractivity contribution < 1.29 is 0 Å². The van der Waals surface area contributed by atoms with Gasteiger partial charge in [0.15, 0.2) is 0 Å². The van der Waals surface area contributed by atoms with E-state index in [4.69, 9.17) is 11.0 Å². The summed E-state index contributed by atoms with van der Waals surface area (Å²) < 4.78 is 0. The minimum absolute atomic E-state index is 0.0194. The Kier molecular flexibility index (Phi) is 4.99. The highest BCUT2D eigenvalue weighted by Crippen LogP contribution is 2.26. The van der Waals surface area contributed by atoms with E-state index < -0.39 is 0 Å². The van der Waals surface area contributed by atoms with Crippen molar-refractivity contribution in [1.29, 1.82) is 5.26 Å². The second kappa shape index (κ2) is 6.27. The van der Waals surface area contributed by atoms with Gasteiger partial charge in [0.1, 0.15) is 0 Å². The fourth-order valence-corrected chi connectivity index (χ4v) is 1.92. The van der Waals surface area contributed by atoms with Gasteiger partial charge in [-0.2, -0.15) is 5.26 Å². The average molecular weight is 231 g/mol. The largest absolute Gasteiger partial charge is 0.373 e. The lowest BCUT2D eigenvalue weighted by molar-refractivity contribution is 0.679. The monoisotopic (exact) mass is 231 g/mol. The lowest BCUT2D eigenvalue weighted by Gasteiger charge is -2.25. The van der Waals surface area contributed by atoms with Gasteiger partial charge >= 0.3 is 0 Å². The van der Waals surface area contributed by atoms with Crippen molar-refractivity contribution >= 4 is 5.69 Å². The Morgan fingerprint density at radius 2 is 2.06 bits per heavy atom. The summed E-state index contributed by atoms with van der Waals surface area (Å²) in [6.07, 6.45) is 0.915. The second-order valence-corrected chi connectivity index (χ2v) is 4.48. The van der Waals surface area contributed by atoms with Gasteiger partial charge in [-0.15, -0.1) is 0 Å². The first-order valence-electron chi connectivity index (χ1n) is 6.05. The highest BCUT2D eigenvalue weighted by molar-refractivity contribution is 5.54. The van der Waals surface area contributed by atoms with E-state index in [1.807, 2.05) is 26.1 Å². The molecule has 3 heteroatoms. The highest BCUT2D eigenvalue weighted by Gasteiger charge is 2.13. The topological polar surface area (TPSA) is 53.0 Å². The molecule has 0 aromatic heterocycles. The molecule has 1 aromatic carbocycles. The van der Waals surface area contributed by atoms with Gasteiger partial charge in [-0.25, -0.2) is 0 Å². The third-order valence-electron chi connectivity index (χ3n) is 2.96. The summed E-state index contributed by atoms with van der Waals surface area (Å²) in [5.74, 6) is 0.0194. The van der Waals surface area contributed by atoms with Gasteiger partial charge < -0.3 is 10.6 Å². The van der Waals surface area contributed by atoms with E-state index >= 15 is 0 Å². The van der Waals surface area contributed by atoms with Crippen LogP contribution in [0.3, 0.4) is 0 Å². The number of hydrogen-bond donors (Lipinski definition) is 1. The zero-order valence-electron chi connectivity index (χ0n) is 10.9. The molecule has 0 amide bonds. The van der Waals surface area contributed by atoms with Crippen LogP contribution in [0.25, 0.3) is 0 Å². The maximum atomic E-state index is 8.85. The molecule has 0 fully saturated rings. The predicted molar refractivity (Wildman–Crippen MR) is 71.7 cm³/mol. The zero-order valence-corrected chi connectivity index (χ0v) is 10.9. The molecule has 0 aliphatic carbocycles. The Balaban J connectivity index is 2.93. The van der Waals surface area contributed by atoms with E-state index in [-0.39, 0.29) is 12.0 Å². The standard InChI is InChI=1S/C14H21N3/c1-4-13(16)12-7-5-6-8-14(12)17(3)10-11(2)9-15/h5-8,11,13H,4,10,16H2,1-3H3. The quantitative estimate of drug-likeness (QED) is 0.847. The minimum Gasteiger partial charge on any atom is -0.373 e. The zero-order chi connectivity index (χ0) is 12.8. The molecular formula is C14H21N3. The molecule has 0 bridgehead atoms. The summed E-state index contributed by atoms with van der Waals surface area (Å²) in [4.78, 5) is 2.11. The molecule has 1 rings (SSSR count). The van der Waals surface area contributed by atoms with Crippen LogP contribution < -0.4 is 10.6 Å². The Morgan fingerprint density at radius 1 is 1.41 bits per heavy atom. The van der Waals surface area contributed by atoms with Crippen molar-refractivity contribution in [3.8, 4) is 6.07 Å². The Morgan fingerprint density at radius 3 is 2.65 bits per heavy atom. The van der Waals surface area contributed by atoms with E-state index in [2.05, 4.69) is 30.0 Å². The van der Waals surface area contributed by atoms with Crippen LogP contribution in [0.5, 0.6) is 0 Å². The first kappa shape index (κ1) is 13.5. The number of nitrogens with zero attached hydrogens (tertiary/aromatic N) is 2. The van der Waals surface area contributed by atoms with Crippen LogP contribution in [0, 0.1) is 17.2 Å². The van der Waals surface area contributed by atoms with Crippen molar-refractivity contribution in [1.82, 2.24) is 0 Å². The van der Waals surface area contributed by atoms with Crippen molar-refractivity contribution in [3.63, 3.8) is 0 Å². The maximum absolute atomic E-state index is 8.85. The number of hydrogen-bond acceptors (Lipinski definition) is 3. The van der Waals surface area contributed by atoms with Gasteiger partial charge in [0.25, 0.3) is 0 Å². The summed E-state index contributed by atoms with van der Waals surface area (Å²) >= 11 is 0. The van der Waals surface area contributed by atoms with Crippen LogP contribution in [0.1, 0.15) is 31.9 Å². The molecular weight excluding hydrogens is 210 g/mol. The predicted octanol–water partition coefficient (Wildman–Crippen LogP) is 2.69. The molecule has 0 aliphatic heterocycles. The molecule has 2 atom stereocenters. The molecule has 0 heterocycles. The van der Waals surface area contributed by atoms with Crippen LogP contribution in [0.2, 0.25) is 0 Å². The van der Waals surface area contributed by atoms with Crippen LogP contribution >= 0.6 is 0 Å². The van der Waals surface area contributed by atoms with Gasteiger partial charge in [0.05, 0.1) is 12.0 Å². The van der Waals surface area contributed by atoms with Gasteiger partial charge in [-0.05, 0) is 25.0 Å². The minimum atomic E-state index is 0.0194. The third kappa shape index (κ3) is 3.47. The lowest BCUT2D eigenvalue weighted by Crippen LogP contribution is -2.25. The maximum Gasteiger partial charge on any atom is 0.0671 e. The summed E-state index contributed by atoms with van der Waals surface area (Å²) in [5.41, 5.74) is 8.39. The van der Waals surface area contributed by atoms with Gasteiger partial charge in [0.2, 0.25) is 0 Å². The highest BCUT2D eigenvalue weighted by atomic mass is 15.1. The van der Waals surface area contributed by atoms with Crippen LogP contribution in [0.4, 0.5) is 5.69 Å². The number of nitrogens with two attached hydrogens (primary N) is 1. The molecule has 0 aliphatic rings. The van der Waals surface area contributed by atoms with Gasteiger partial charge in [-0.3, -0.25) is 0 Å². The summed E-state index contributed by atoms with van der Waals surface area (Å²) in [6.45, 7) is 4.74. The SMILES string of the molecule is CCC(N)c1ccccc1N(C)CC(C)C#N. The van der Waals surface area contributed by atoms with Crippen LogP contribution in [0.15, 0.2) is 24.3 Å². The smallest absolute Gasteiger partial charge is 0.0671 e. The molecule has 0 spiro atoms. The molecule has 0 radical (unpaired) electrons. The molecule has 17 heavy (non-hydrogen) atoms. The average Bonchev–Trinajstić information content (AvgIpc) is 2.37. The first-order chi connectivity index (χ1) is 8.10. The van der Waals surface area contributed by atoms with Gasteiger partial charge in [0, 0.05) is 25.3 Å². The summed E-state index contributed by atoms with van der Waals surface area (Å²) in [7, 11) is 2.01. The Bertz CT molecular complexity index is 395. The fraction of sp³-hybridized carbons (Fsp3) is 0.500. The van der Waals surface area contributed by atoms with E-state index in [0.29, 0.717) is 0 Å². The molecule has 1 aromatic rings. The molecule has 92 valence electrons. The molecule has 2 N–H and O–H groups in total. The van der Waals surface area contributed by atoms with Gasteiger partial charge in [-0.1, -0.05) is 25.1 Å². The van der Waals surface area contributed by atoms with Crippen LogP contribution in [-0.2, 0) is 0 Å². The first-order valence-corrected chi connectivity index (χ1v) is 6.05. The molecule has 2 unspecified atom stereocenters. The molecule has 0 saturated carbocycles. The van der Waals surface area contributed by atoms with E-state index in [0.717, 1.165) is 24.2 Å². The molecule has 3 nitrogen and oxygen atoms in total. The van der Waals surface area contributed by atoms with E-state index in [9.17, 15) is 0 Å². The van der Waals surface area contributed by atoms with Crippen molar-refractivity contribution in [2.75, 3.05) is 18.5 Å². The number of benzene rings is 1. The van der Waals surface area contributed by atoms with Crippen molar-refractivity contribution in [3.05, 3.63) is 29.8 Å². The second-order valence-electron chi connectivity index (χ2n) is 4.48. The summed E-state index contributed by atoms with van der Waals surface area (Å²) in [6, 6.07) is 10.5. The number of nitriles is 1.